The molecule has 34 heavy (non-hydrogen) atoms. The molecule has 0 fully saturated rings. The minimum Gasteiger partial charge on any atom is -0.375 e. The normalized spacial score (nSPS) is 25.4. The van der Waals surface area contributed by atoms with Gasteiger partial charge in [-0.1, -0.05) is 53.5 Å². The van der Waals surface area contributed by atoms with Crippen LogP contribution in [-0.4, -0.2) is 56.2 Å². The summed E-state index contributed by atoms with van der Waals surface area (Å²) < 4.78 is 62.2. The van der Waals surface area contributed by atoms with Crippen molar-refractivity contribution in [1.29, 1.82) is 0 Å². The molecule has 0 aromatic heterocycles. The van der Waals surface area contributed by atoms with E-state index in [2.05, 4.69) is 5.16 Å². The highest BCUT2D eigenvalue weighted by Crippen LogP contribution is 2.52. The zero-order valence-electron chi connectivity index (χ0n) is 18.8. The lowest BCUT2D eigenvalue weighted by Gasteiger charge is -2.32. The van der Waals surface area contributed by atoms with Gasteiger partial charge in [0.25, 0.3) is 5.60 Å². The Hall–Kier alpha value is -2.10. The van der Waals surface area contributed by atoms with Crippen molar-refractivity contribution >= 4 is 34.8 Å². The van der Waals surface area contributed by atoms with E-state index in [0.29, 0.717) is 5.57 Å². The Morgan fingerprint density at radius 3 is 2.47 bits per heavy atom. The van der Waals surface area contributed by atoms with Crippen LogP contribution in [0.25, 0.3) is 0 Å². The highest BCUT2D eigenvalue weighted by atomic mass is 35.5. The summed E-state index contributed by atoms with van der Waals surface area (Å²) in [5.41, 5.74) is -3.40. The molecule has 1 aromatic rings. The topological polar surface area (TPSA) is 51.1 Å². The van der Waals surface area contributed by atoms with Crippen LogP contribution in [0.15, 0.2) is 47.2 Å². The van der Waals surface area contributed by atoms with E-state index in [-0.39, 0.29) is 46.8 Å². The predicted molar refractivity (Wildman–Crippen MR) is 122 cm³/mol. The molecule has 186 valence electrons. The number of halogens is 6. The maximum Gasteiger partial charge on any atom is 0.435 e. The number of benzene rings is 1. The van der Waals surface area contributed by atoms with Crippen molar-refractivity contribution in [2.24, 2.45) is 10.6 Å². The third-order valence-corrected chi connectivity index (χ3v) is 6.51. The van der Waals surface area contributed by atoms with E-state index in [4.69, 9.17) is 32.8 Å². The Bertz CT molecular complexity index is 1020. The lowest BCUT2D eigenvalue weighted by molar-refractivity contribution is -0.275. The van der Waals surface area contributed by atoms with Crippen LogP contribution in [0.1, 0.15) is 25.3 Å². The molecular formula is C23H24Cl2F4N2O3. The molecule has 3 rings (SSSR count). The monoisotopic (exact) mass is 522 g/mol. The molecule has 11 heteroatoms. The standard InChI is InChI=1S/C23H24Cl2F4N2O3/c1-21(6-4-14(5-7-21)18(26)12-31(2)20(32)13-33-3)19-11-22(34-30-19,23(27,28)29)15-8-16(24)10-17(25)9-15/h4-6,8-10,18H,7,11-13H2,1-3H3. The summed E-state index contributed by atoms with van der Waals surface area (Å²) in [6.45, 7) is 1.37. The van der Waals surface area contributed by atoms with Gasteiger partial charge in [0, 0.05) is 41.6 Å². The molecule has 0 radical (unpaired) electrons. The number of likely N-dealkylation sites (N-methyl/N-ethyl adjacent to an activating group) is 1. The van der Waals surface area contributed by atoms with Gasteiger partial charge in [0.1, 0.15) is 12.8 Å². The molecule has 0 bridgehead atoms. The van der Waals surface area contributed by atoms with Gasteiger partial charge < -0.3 is 14.5 Å². The molecule has 5 nitrogen and oxygen atoms in total. The summed E-state index contributed by atoms with van der Waals surface area (Å²) in [5.74, 6) is -0.363. The number of allylic oxidation sites excluding steroid dienone is 3. The first-order chi connectivity index (χ1) is 15.8. The maximum absolute atomic E-state index is 14.8. The second kappa shape index (κ2) is 9.87. The Balaban J connectivity index is 1.77. The number of oxime groups is 1. The Morgan fingerprint density at radius 1 is 1.29 bits per heavy atom. The van der Waals surface area contributed by atoms with Crippen molar-refractivity contribution in [3.63, 3.8) is 0 Å². The minimum atomic E-state index is -4.80. The lowest BCUT2D eigenvalue weighted by atomic mass is 9.73. The summed E-state index contributed by atoms with van der Waals surface area (Å²) in [7, 11) is 2.84. The predicted octanol–water partition coefficient (Wildman–Crippen LogP) is 5.86. The van der Waals surface area contributed by atoms with E-state index < -0.39 is 29.8 Å². The minimum absolute atomic E-state index is 0.0439. The fourth-order valence-electron chi connectivity index (χ4n) is 3.87. The number of amides is 1. The van der Waals surface area contributed by atoms with Crippen molar-refractivity contribution in [2.45, 2.75) is 37.7 Å². The molecule has 0 spiro atoms. The van der Waals surface area contributed by atoms with Crippen LogP contribution in [0.4, 0.5) is 17.6 Å². The number of rotatable bonds is 7. The third kappa shape index (κ3) is 5.26. The molecule has 1 amide bonds. The molecule has 0 N–H and O–H groups in total. The van der Waals surface area contributed by atoms with Crippen LogP contribution in [0.2, 0.25) is 10.0 Å². The Morgan fingerprint density at radius 2 is 1.94 bits per heavy atom. The number of carbonyl (C=O) groups is 1. The number of hydrogen-bond donors (Lipinski definition) is 0. The summed E-state index contributed by atoms with van der Waals surface area (Å²) in [5, 5.41) is 3.91. The molecule has 0 saturated heterocycles. The SMILES string of the molecule is COCC(=O)N(C)CC(F)C1=CCC(C)(C2=NOC(c3cc(Cl)cc(Cl)c3)(C(F)(F)F)C2)C=C1. The maximum atomic E-state index is 14.8. The van der Waals surface area contributed by atoms with E-state index >= 15 is 0 Å². The quantitative estimate of drug-likeness (QED) is 0.421. The van der Waals surface area contributed by atoms with Gasteiger partial charge in [-0.25, -0.2) is 4.39 Å². The average molecular weight is 523 g/mol. The van der Waals surface area contributed by atoms with E-state index in [1.807, 2.05) is 0 Å². The van der Waals surface area contributed by atoms with Crippen LogP contribution in [-0.2, 0) is 20.0 Å². The fourth-order valence-corrected chi connectivity index (χ4v) is 4.40. The number of ether oxygens (including phenoxy) is 1. The zero-order chi connectivity index (χ0) is 25.3. The van der Waals surface area contributed by atoms with Gasteiger partial charge >= 0.3 is 6.18 Å². The van der Waals surface area contributed by atoms with Crippen LogP contribution in [0.5, 0.6) is 0 Å². The first-order valence-corrected chi connectivity index (χ1v) is 11.1. The highest BCUT2D eigenvalue weighted by molar-refractivity contribution is 6.34. The van der Waals surface area contributed by atoms with E-state index in [1.165, 1.54) is 31.2 Å². The fraction of sp³-hybridized carbons (Fsp3) is 0.478. The Labute approximate surface area is 205 Å². The van der Waals surface area contributed by atoms with Crippen LogP contribution in [0, 0.1) is 5.41 Å². The van der Waals surface area contributed by atoms with Crippen LogP contribution < -0.4 is 0 Å². The van der Waals surface area contributed by atoms with Crippen molar-refractivity contribution in [3.8, 4) is 0 Å². The van der Waals surface area contributed by atoms with Gasteiger partial charge in [0.05, 0.1) is 12.3 Å². The third-order valence-electron chi connectivity index (χ3n) is 6.07. The van der Waals surface area contributed by atoms with E-state index in [0.717, 1.165) is 12.1 Å². The number of hydrogen-bond acceptors (Lipinski definition) is 4. The second-order valence-electron chi connectivity index (χ2n) is 8.62. The number of nitrogens with zero attached hydrogens (tertiary/aromatic N) is 2. The number of methoxy groups -OCH3 is 1. The van der Waals surface area contributed by atoms with Gasteiger partial charge in [-0.05, 0) is 30.2 Å². The smallest absolute Gasteiger partial charge is 0.375 e. The molecule has 3 unspecified atom stereocenters. The molecular weight excluding hydrogens is 499 g/mol. The lowest BCUT2D eigenvalue weighted by Crippen LogP contribution is -2.44. The first-order valence-electron chi connectivity index (χ1n) is 10.4. The van der Waals surface area contributed by atoms with Crippen molar-refractivity contribution in [2.75, 3.05) is 27.3 Å². The van der Waals surface area contributed by atoms with Gasteiger partial charge in [0.2, 0.25) is 5.91 Å². The van der Waals surface area contributed by atoms with Crippen LogP contribution in [0.3, 0.4) is 0 Å². The molecule has 1 aliphatic heterocycles. The molecule has 0 saturated carbocycles. The Kier molecular flexibility index (Phi) is 7.70. The summed E-state index contributed by atoms with van der Waals surface area (Å²) >= 11 is 11.9. The van der Waals surface area contributed by atoms with Gasteiger partial charge in [0.15, 0.2) is 0 Å². The van der Waals surface area contributed by atoms with Gasteiger partial charge in [-0.2, -0.15) is 13.2 Å². The summed E-state index contributed by atoms with van der Waals surface area (Å²) in [6, 6.07) is 3.65. The largest absolute Gasteiger partial charge is 0.435 e. The van der Waals surface area contributed by atoms with Crippen molar-refractivity contribution < 1.29 is 31.9 Å². The first kappa shape index (κ1) is 26.5. The summed E-state index contributed by atoms with van der Waals surface area (Å²) in [6.07, 6.45) is -1.89. The number of carbonyl (C=O) groups excluding carboxylic acids is 1. The van der Waals surface area contributed by atoms with Crippen LogP contribution >= 0.6 is 23.2 Å². The number of alkyl halides is 4. The van der Waals surface area contributed by atoms with E-state index in [1.54, 1.807) is 19.1 Å². The average Bonchev–Trinajstić information content (AvgIpc) is 3.21. The van der Waals surface area contributed by atoms with Crippen molar-refractivity contribution in [3.05, 3.63) is 57.6 Å². The highest BCUT2D eigenvalue weighted by Gasteiger charge is 2.63. The van der Waals surface area contributed by atoms with Gasteiger partial charge in [-0.3, -0.25) is 4.79 Å². The molecule has 1 aromatic carbocycles. The molecule has 1 aliphatic carbocycles. The second-order valence-corrected chi connectivity index (χ2v) is 9.50. The zero-order valence-corrected chi connectivity index (χ0v) is 20.3. The summed E-state index contributed by atoms with van der Waals surface area (Å²) in [4.78, 5) is 18.1. The van der Waals surface area contributed by atoms with Gasteiger partial charge in [-0.15, -0.1) is 0 Å². The van der Waals surface area contributed by atoms with E-state index in [9.17, 15) is 22.4 Å². The van der Waals surface area contributed by atoms with Crippen molar-refractivity contribution in [1.82, 2.24) is 4.90 Å². The molecule has 2 aliphatic rings. The molecule has 3 atom stereocenters. The molecule has 1 heterocycles.